The number of ether oxygens (including phenoxy) is 1. The van der Waals surface area contributed by atoms with Crippen LogP contribution in [0.3, 0.4) is 0 Å². The second-order valence-corrected chi connectivity index (χ2v) is 6.14. The van der Waals surface area contributed by atoms with Crippen LogP contribution < -0.4 is 5.32 Å². The summed E-state index contributed by atoms with van der Waals surface area (Å²) in [6, 6.07) is 0.506. The van der Waals surface area contributed by atoms with Crippen molar-refractivity contribution >= 4 is 0 Å². The average molecular weight is 279 g/mol. The Labute approximate surface area is 122 Å². The van der Waals surface area contributed by atoms with Gasteiger partial charge in [-0.2, -0.15) is 0 Å². The minimum atomic E-state index is 0.338. The summed E-state index contributed by atoms with van der Waals surface area (Å²) < 4.78 is 8.13. The monoisotopic (exact) mass is 279 g/mol. The lowest BCUT2D eigenvalue weighted by Gasteiger charge is -2.29. The summed E-state index contributed by atoms with van der Waals surface area (Å²) in [5, 5.41) is 3.67. The maximum atomic E-state index is 6.01. The molecule has 114 valence electrons. The molecule has 5 unspecified atom stereocenters. The van der Waals surface area contributed by atoms with Gasteiger partial charge < -0.3 is 14.6 Å². The highest BCUT2D eigenvalue weighted by Crippen LogP contribution is 2.35. The number of hydrogen-bond donors (Lipinski definition) is 1. The average Bonchev–Trinajstić information content (AvgIpc) is 2.91. The summed E-state index contributed by atoms with van der Waals surface area (Å²) in [4.78, 5) is 4.43. The number of hydrogen-bond acceptors (Lipinski definition) is 3. The van der Waals surface area contributed by atoms with Gasteiger partial charge in [-0.15, -0.1) is 0 Å². The molecule has 1 saturated heterocycles. The van der Waals surface area contributed by atoms with E-state index in [9.17, 15) is 0 Å². The van der Waals surface area contributed by atoms with Crippen molar-refractivity contribution in [2.24, 2.45) is 18.9 Å². The van der Waals surface area contributed by atoms with E-state index in [2.05, 4.69) is 49.6 Å². The molecule has 1 aromatic rings. The molecule has 5 atom stereocenters. The van der Waals surface area contributed by atoms with Crippen molar-refractivity contribution < 1.29 is 4.74 Å². The van der Waals surface area contributed by atoms with Gasteiger partial charge in [0.05, 0.1) is 12.2 Å². The molecular formula is C16H29N3O. The van der Waals surface area contributed by atoms with Crippen LogP contribution in [0.5, 0.6) is 0 Å². The molecule has 4 heteroatoms. The molecule has 0 radical (unpaired) electrons. The normalized spacial score (nSPS) is 31.6. The van der Waals surface area contributed by atoms with Gasteiger partial charge in [0.2, 0.25) is 0 Å². The highest BCUT2D eigenvalue weighted by Gasteiger charge is 2.41. The first kappa shape index (κ1) is 15.5. The van der Waals surface area contributed by atoms with Crippen molar-refractivity contribution in [1.29, 1.82) is 0 Å². The smallest absolute Gasteiger partial charge is 0.108 e. The summed E-state index contributed by atoms with van der Waals surface area (Å²) in [6.45, 7) is 9.93. The molecule has 1 aliphatic heterocycles. The molecule has 1 aliphatic rings. The first-order chi connectivity index (χ1) is 9.54. The predicted molar refractivity (Wildman–Crippen MR) is 81.7 cm³/mol. The minimum absolute atomic E-state index is 0.338. The van der Waals surface area contributed by atoms with E-state index in [-0.39, 0.29) is 0 Å². The third-order valence-corrected chi connectivity index (χ3v) is 4.85. The maximum absolute atomic E-state index is 6.01. The second kappa shape index (κ2) is 6.72. The van der Waals surface area contributed by atoms with E-state index in [0.29, 0.717) is 30.1 Å². The number of aryl methyl sites for hydroxylation is 2. The molecule has 0 spiro atoms. The fourth-order valence-corrected chi connectivity index (χ4v) is 3.60. The standard InChI is InChI=1S/C16H29N3O/c1-6-17-14(7-8-15-18-9-10-19(15)5)16-11(2)12(3)20-13(16)4/h9-14,16-17H,6-8H2,1-5H3. The van der Waals surface area contributed by atoms with Gasteiger partial charge in [-0.1, -0.05) is 13.8 Å². The fourth-order valence-electron chi connectivity index (χ4n) is 3.60. The Morgan fingerprint density at radius 1 is 1.35 bits per heavy atom. The molecule has 2 rings (SSSR count). The molecule has 1 aromatic heterocycles. The van der Waals surface area contributed by atoms with Crippen LogP contribution >= 0.6 is 0 Å². The summed E-state index contributed by atoms with van der Waals surface area (Å²) in [5.41, 5.74) is 0. The van der Waals surface area contributed by atoms with Crippen LogP contribution in [0.4, 0.5) is 0 Å². The highest BCUT2D eigenvalue weighted by atomic mass is 16.5. The summed E-state index contributed by atoms with van der Waals surface area (Å²) in [5.74, 6) is 2.36. The van der Waals surface area contributed by atoms with E-state index >= 15 is 0 Å². The van der Waals surface area contributed by atoms with E-state index in [4.69, 9.17) is 4.74 Å². The zero-order valence-corrected chi connectivity index (χ0v) is 13.5. The van der Waals surface area contributed by atoms with Crippen LogP contribution in [0.15, 0.2) is 12.4 Å². The van der Waals surface area contributed by atoms with Crippen LogP contribution in [-0.2, 0) is 18.2 Å². The number of nitrogens with zero attached hydrogens (tertiary/aromatic N) is 2. The Kier molecular flexibility index (Phi) is 5.22. The first-order valence-corrected chi connectivity index (χ1v) is 7.89. The van der Waals surface area contributed by atoms with Crippen LogP contribution in [0.1, 0.15) is 39.9 Å². The Hall–Kier alpha value is -0.870. The topological polar surface area (TPSA) is 39.1 Å². The van der Waals surface area contributed by atoms with Crippen molar-refractivity contribution in [3.05, 3.63) is 18.2 Å². The molecule has 1 fully saturated rings. The molecule has 0 aromatic carbocycles. The van der Waals surface area contributed by atoms with Gasteiger partial charge in [-0.05, 0) is 32.7 Å². The SMILES string of the molecule is CCNC(CCc1nccn1C)C1C(C)OC(C)C1C. The summed E-state index contributed by atoms with van der Waals surface area (Å²) >= 11 is 0. The largest absolute Gasteiger partial charge is 0.375 e. The van der Waals surface area contributed by atoms with Gasteiger partial charge in [0.1, 0.15) is 5.82 Å². The van der Waals surface area contributed by atoms with Crippen LogP contribution in [0, 0.1) is 11.8 Å². The van der Waals surface area contributed by atoms with E-state index in [1.807, 2.05) is 12.4 Å². The Morgan fingerprint density at radius 2 is 2.10 bits per heavy atom. The molecule has 0 aliphatic carbocycles. The van der Waals surface area contributed by atoms with Crippen molar-refractivity contribution in [2.75, 3.05) is 6.54 Å². The summed E-state index contributed by atoms with van der Waals surface area (Å²) in [6.07, 6.45) is 6.74. The van der Waals surface area contributed by atoms with Gasteiger partial charge in [0, 0.05) is 37.8 Å². The maximum Gasteiger partial charge on any atom is 0.108 e. The Morgan fingerprint density at radius 3 is 2.60 bits per heavy atom. The number of rotatable bonds is 6. The number of aromatic nitrogens is 2. The zero-order chi connectivity index (χ0) is 14.7. The third-order valence-electron chi connectivity index (χ3n) is 4.85. The zero-order valence-electron chi connectivity index (χ0n) is 13.5. The predicted octanol–water partition coefficient (Wildman–Crippen LogP) is 2.39. The lowest BCUT2D eigenvalue weighted by atomic mass is 9.81. The lowest BCUT2D eigenvalue weighted by Crippen LogP contribution is -2.42. The minimum Gasteiger partial charge on any atom is -0.375 e. The molecule has 0 amide bonds. The van der Waals surface area contributed by atoms with Crippen molar-refractivity contribution in [3.63, 3.8) is 0 Å². The van der Waals surface area contributed by atoms with Crippen molar-refractivity contribution in [2.45, 2.75) is 58.8 Å². The Balaban J connectivity index is 2.01. The first-order valence-electron chi connectivity index (χ1n) is 7.89. The molecule has 1 N–H and O–H groups in total. The van der Waals surface area contributed by atoms with Gasteiger partial charge >= 0.3 is 0 Å². The highest BCUT2D eigenvalue weighted by molar-refractivity contribution is 4.96. The van der Waals surface area contributed by atoms with Gasteiger partial charge in [0.25, 0.3) is 0 Å². The van der Waals surface area contributed by atoms with Gasteiger partial charge in [-0.3, -0.25) is 0 Å². The van der Waals surface area contributed by atoms with E-state index < -0.39 is 0 Å². The van der Waals surface area contributed by atoms with E-state index in [1.165, 1.54) is 5.82 Å². The van der Waals surface area contributed by atoms with E-state index in [1.54, 1.807) is 0 Å². The third kappa shape index (κ3) is 3.23. The molecule has 0 saturated carbocycles. The summed E-state index contributed by atoms with van der Waals surface area (Å²) in [7, 11) is 2.07. The molecule has 20 heavy (non-hydrogen) atoms. The number of imidazole rings is 1. The van der Waals surface area contributed by atoms with Crippen molar-refractivity contribution in [3.8, 4) is 0 Å². The molecule has 2 heterocycles. The van der Waals surface area contributed by atoms with E-state index in [0.717, 1.165) is 19.4 Å². The van der Waals surface area contributed by atoms with Crippen LogP contribution in [0.25, 0.3) is 0 Å². The number of nitrogens with one attached hydrogen (secondary N) is 1. The van der Waals surface area contributed by atoms with Gasteiger partial charge in [0.15, 0.2) is 0 Å². The quantitative estimate of drug-likeness (QED) is 0.869. The van der Waals surface area contributed by atoms with Crippen LogP contribution in [-0.4, -0.2) is 34.3 Å². The van der Waals surface area contributed by atoms with Gasteiger partial charge in [-0.25, -0.2) is 4.98 Å². The lowest BCUT2D eigenvalue weighted by molar-refractivity contribution is 0.0472. The molecule has 4 nitrogen and oxygen atoms in total. The Bertz CT molecular complexity index is 418. The molecule has 0 bridgehead atoms. The fraction of sp³-hybridized carbons (Fsp3) is 0.812. The molecular weight excluding hydrogens is 250 g/mol. The van der Waals surface area contributed by atoms with Crippen LogP contribution in [0.2, 0.25) is 0 Å². The van der Waals surface area contributed by atoms with Crippen molar-refractivity contribution in [1.82, 2.24) is 14.9 Å². The second-order valence-electron chi connectivity index (χ2n) is 6.14.